The highest BCUT2D eigenvalue weighted by molar-refractivity contribution is 5.42. The predicted octanol–water partition coefficient (Wildman–Crippen LogP) is 2.37. The molecule has 18 heavy (non-hydrogen) atoms. The van der Waals surface area contributed by atoms with E-state index in [2.05, 4.69) is 27.9 Å². The summed E-state index contributed by atoms with van der Waals surface area (Å²) < 4.78 is 0. The normalized spacial score (nSPS) is 9.78. The van der Waals surface area contributed by atoms with Crippen LogP contribution >= 0.6 is 0 Å². The van der Waals surface area contributed by atoms with E-state index in [1.54, 1.807) is 24.7 Å². The third-order valence-corrected chi connectivity index (χ3v) is 2.71. The molecule has 0 spiro atoms. The first-order chi connectivity index (χ1) is 8.83. The van der Waals surface area contributed by atoms with Crippen molar-refractivity contribution in [3.63, 3.8) is 0 Å². The lowest BCUT2D eigenvalue weighted by molar-refractivity contribution is 0.812. The van der Waals surface area contributed by atoms with E-state index in [4.69, 9.17) is 5.26 Å². The molecular weight excluding hydrogens is 224 g/mol. The molecule has 0 saturated carbocycles. The van der Waals surface area contributed by atoms with Crippen LogP contribution in [0, 0.1) is 11.3 Å². The molecule has 0 fully saturated rings. The fourth-order valence-corrected chi connectivity index (χ4v) is 1.70. The van der Waals surface area contributed by atoms with Gasteiger partial charge in [-0.3, -0.25) is 4.98 Å². The number of anilines is 1. The van der Waals surface area contributed by atoms with E-state index in [0.29, 0.717) is 5.56 Å². The van der Waals surface area contributed by atoms with Crippen molar-refractivity contribution in [2.45, 2.75) is 13.5 Å². The molecule has 2 rings (SSSR count). The molecule has 0 aliphatic heterocycles. The number of pyridine rings is 2. The third-order valence-electron chi connectivity index (χ3n) is 2.71. The van der Waals surface area contributed by atoms with Crippen molar-refractivity contribution in [2.24, 2.45) is 0 Å². The van der Waals surface area contributed by atoms with Crippen molar-refractivity contribution in [3.8, 4) is 6.07 Å². The Morgan fingerprint density at radius 2 is 2.00 bits per heavy atom. The highest BCUT2D eigenvalue weighted by Gasteiger charge is 2.06. The Bertz CT molecular complexity index is 528. The van der Waals surface area contributed by atoms with Crippen LogP contribution in [0.1, 0.15) is 18.1 Å². The predicted molar refractivity (Wildman–Crippen MR) is 69.9 cm³/mol. The molecule has 0 unspecified atom stereocenters. The van der Waals surface area contributed by atoms with E-state index in [1.165, 1.54) is 5.56 Å². The smallest absolute Gasteiger partial charge is 0.128 e. The van der Waals surface area contributed by atoms with E-state index in [0.717, 1.165) is 18.9 Å². The second-order valence-electron chi connectivity index (χ2n) is 3.89. The molecule has 2 heterocycles. The monoisotopic (exact) mass is 238 g/mol. The summed E-state index contributed by atoms with van der Waals surface area (Å²) >= 11 is 0. The fraction of sp³-hybridized carbons (Fsp3) is 0.214. The van der Waals surface area contributed by atoms with Gasteiger partial charge in [0.05, 0.1) is 5.56 Å². The topological polar surface area (TPSA) is 52.8 Å². The standard InChI is InChI=1S/C14H14N4/c1-2-18(11-12-5-7-16-8-6-12)14-4-3-13(9-15)10-17-14/h3-8,10H,2,11H2,1H3. The molecule has 0 amide bonds. The van der Waals surface area contributed by atoms with Gasteiger partial charge in [0.2, 0.25) is 0 Å². The van der Waals surface area contributed by atoms with Gasteiger partial charge in [0.25, 0.3) is 0 Å². The van der Waals surface area contributed by atoms with E-state index in [9.17, 15) is 0 Å². The molecular formula is C14H14N4. The van der Waals surface area contributed by atoms with Crippen molar-refractivity contribution in [1.82, 2.24) is 9.97 Å². The van der Waals surface area contributed by atoms with Gasteiger partial charge in [-0.1, -0.05) is 0 Å². The van der Waals surface area contributed by atoms with Crippen LogP contribution < -0.4 is 4.90 Å². The first-order valence-electron chi connectivity index (χ1n) is 5.83. The lowest BCUT2D eigenvalue weighted by atomic mass is 10.2. The molecule has 2 aromatic rings. The van der Waals surface area contributed by atoms with Crippen LogP contribution in [0.25, 0.3) is 0 Å². The summed E-state index contributed by atoms with van der Waals surface area (Å²) in [6, 6.07) is 9.72. The van der Waals surface area contributed by atoms with Crippen molar-refractivity contribution < 1.29 is 0 Å². The minimum atomic E-state index is 0.582. The molecule has 0 N–H and O–H groups in total. The zero-order valence-electron chi connectivity index (χ0n) is 10.2. The molecule has 4 heteroatoms. The van der Waals surface area contributed by atoms with Crippen molar-refractivity contribution in [3.05, 3.63) is 54.0 Å². The van der Waals surface area contributed by atoms with Gasteiger partial charge in [0.1, 0.15) is 11.9 Å². The minimum absolute atomic E-state index is 0.582. The van der Waals surface area contributed by atoms with Gasteiger partial charge in [-0.2, -0.15) is 5.26 Å². The Kier molecular flexibility index (Phi) is 3.87. The summed E-state index contributed by atoms with van der Waals surface area (Å²) in [6.45, 7) is 3.74. The molecule has 0 saturated heterocycles. The van der Waals surface area contributed by atoms with E-state index in [-0.39, 0.29) is 0 Å². The zero-order valence-corrected chi connectivity index (χ0v) is 10.2. The van der Waals surface area contributed by atoms with Gasteiger partial charge in [-0.25, -0.2) is 4.98 Å². The van der Waals surface area contributed by atoms with Crippen molar-refractivity contribution in [1.29, 1.82) is 5.26 Å². The Hall–Kier alpha value is -2.41. The maximum Gasteiger partial charge on any atom is 0.128 e. The molecule has 0 aliphatic rings. The number of aromatic nitrogens is 2. The summed E-state index contributed by atoms with van der Waals surface area (Å²) in [7, 11) is 0. The van der Waals surface area contributed by atoms with Gasteiger partial charge in [-0.05, 0) is 36.8 Å². The largest absolute Gasteiger partial charge is 0.353 e. The molecule has 0 aliphatic carbocycles. The number of rotatable bonds is 4. The fourth-order valence-electron chi connectivity index (χ4n) is 1.70. The van der Waals surface area contributed by atoms with E-state index in [1.807, 2.05) is 18.2 Å². The van der Waals surface area contributed by atoms with Gasteiger partial charge in [0, 0.05) is 31.7 Å². The average Bonchev–Trinajstić information content (AvgIpc) is 2.46. The Balaban J connectivity index is 2.15. The molecule has 4 nitrogen and oxygen atoms in total. The average molecular weight is 238 g/mol. The molecule has 0 radical (unpaired) electrons. The van der Waals surface area contributed by atoms with Crippen LogP contribution in [0.4, 0.5) is 5.82 Å². The van der Waals surface area contributed by atoms with Crippen LogP contribution in [0.5, 0.6) is 0 Å². The summed E-state index contributed by atoms with van der Waals surface area (Å²) in [5.74, 6) is 0.883. The van der Waals surface area contributed by atoms with Crippen LogP contribution in [0.3, 0.4) is 0 Å². The van der Waals surface area contributed by atoms with Crippen LogP contribution in [-0.2, 0) is 6.54 Å². The van der Waals surface area contributed by atoms with E-state index < -0.39 is 0 Å². The summed E-state index contributed by atoms with van der Waals surface area (Å²) in [5.41, 5.74) is 1.77. The highest BCUT2D eigenvalue weighted by atomic mass is 15.2. The molecule has 90 valence electrons. The Morgan fingerprint density at radius 1 is 1.22 bits per heavy atom. The first kappa shape index (κ1) is 12.1. The second kappa shape index (κ2) is 5.78. The van der Waals surface area contributed by atoms with Gasteiger partial charge < -0.3 is 4.90 Å². The quantitative estimate of drug-likeness (QED) is 0.820. The lowest BCUT2D eigenvalue weighted by Crippen LogP contribution is -2.22. The highest BCUT2D eigenvalue weighted by Crippen LogP contribution is 2.14. The molecule has 0 bridgehead atoms. The van der Waals surface area contributed by atoms with Crippen molar-refractivity contribution in [2.75, 3.05) is 11.4 Å². The summed E-state index contributed by atoms with van der Waals surface area (Å²) in [5, 5.41) is 8.75. The molecule has 2 aromatic heterocycles. The number of nitrogens with zero attached hydrogens (tertiary/aromatic N) is 4. The van der Waals surface area contributed by atoms with Gasteiger partial charge in [-0.15, -0.1) is 0 Å². The third kappa shape index (κ3) is 2.83. The maximum absolute atomic E-state index is 8.75. The van der Waals surface area contributed by atoms with Crippen molar-refractivity contribution >= 4 is 5.82 Å². The molecule has 0 aromatic carbocycles. The first-order valence-corrected chi connectivity index (χ1v) is 5.83. The molecule has 0 atom stereocenters. The Morgan fingerprint density at radius 3 is 2.56 bits per heavy atom. The summed E-state index contributed by atoms with van der Waals surface area (Å²) in [4.78, 5) is 10.5. The van der Waals surface area contributed by atoms with Crippen LogP contribution in [0.2, 0.25) is 0 Å². The minimum Gasteiger partial charge on any atom is -0.353 e. The maximum atomic E-state index is 8.75. The number of nitriles is 1. The zero-order chi connectivity index (χ0) is 12.8. The van der Waals surface area contributed by atoms with Gasteiger partial charge in [0.15, 0.2) is 0 Å². The SMILES string of the molecule is CCN(Cc1ccncc1)c1ccc(C#N)cn1. The second-order valence-corrected chi connectivity index (χ2v) is 3.89. The van der Waals surface area contributed by atoms with Crippen LogP contribution in [-0.4, -0.2) is 16.5 Å². The lowest BCUT2D eigenvalue weighted by Gasteiger charge is -2.21. The Labute approximate surface area is 107 Å². The van der Waals surface area contributed by atoms with Gasteiger partial charge >= 0.3 is 0 Å². The number of hydrogen-bond acceptors (Lipinski definition) is 4. The van der Waals surface area contributed by atoms with Crippen LogP contribution in [0.15, 0.2) is 42.9 Å². The van der Waals surface area contributed by atoms with E-state index >= 15 is 0 Å². The number of hydrogen-bond donors (Lipinski definition) is 0. The summed E-state index contributed by atoms with van der Waals surface area (Å²) in [6.07, 6.45) is 5.18.